The summed E-state index contributed by atoms with van der Waals surface area (Å²) in [5.41, 5.74) is 0. The predicted octanol–water partition coefficient (Wildman–Crippen LogP) is 1.71. The average Bonchev–Trinajstić information content (AvgIpc) is 3.00. The highest BCUT2D eigenvalue weighted by atomic mass is 16.5. The number of carbonyl (C=O) groups excluding carboxylic acids is 2. The third-order valence-corrected chi connectivity index (χ3v) is 4.21. The Labute approximate surface area is 127 Å². The van der Waals surface area contributed by atoms with Crippen molar-refractivity contribution < 1.29 is 14.3 Å². The van der Waals surface area contributed by atoms with E-state index >= 15 is 0 Å². The molecule has 2 heterocycles. The molecule has 0 aromatic rings. The van der Waals surface area contributed by atoms with Crippen molar-refractivity contribution >= 4 is 11.8 Å². The van der Waals surface area contributed by atoms with Crippen molar-refractivity contribution in [3.8, 4) is 0 Å². The van der Waals surface area contributed by atoms with Crippen molar-refractivity contribution in [3.05, 3.63) is 0 Å². The number of piperidine rings is 1. The average molecular weight is 296 g/mol. The van der Waals surface area contributed by atoms with Crippen LogP contribution in [0.3, 0.4) is 0 Å². The van der Waals surface area contributed by atoms with Crippen molar-refractivity contribution in [1.82, 2.24) is 10.2 Å². The van der Waals surface area contributed by atoms with Crippen LogP contribution >= 0.6 is 0 Å². The molecule has 0 bridgehead atoms. The second-order valence-electron chi connectivity index (χ2n) is 6.58. The Morgan fingerprint density at radius 3 is 2.48 bits per heavy atom. The first-order valence-corrected chi connectivity index (χ1v) is 8.28. The number of rotatable bonds is 5. The first-order valence-electron chi connectivity index (χ1n) is 8.28. The fourth-order valence-corrected chi connectivity index (χ4v) is 3.08. The van der Waals surface area contributed by atoms with Gasteiger partial charge in [0, 0.05) is 19.7 Å². The molecule has 2 fully saturated rings. The Balaban J connectivity index is 1.95. The maximum absolute atomic E-state index is 12.7. The van der Waals surface area contributed by atoms with E-state index in [1.165, 1.54) is 6.42 Å². The Kier molecular flexibility index (Phi) is 6.03. The molecule has 2 amide bonds. The van der Waals surface area contributed by atoms with E-state index in [2.05, 4.69) is 19.2 Å². The van der Waals surface area contributed by atoms with Gasteiger partial charge in [-0.25, -0.2) is 0 Å². The number of carbonyl (C=O) groups is 2. The van der Waals surface area contributed by atoms with Gasteiger partial charge in [0.05, 0.1) is 0 Å². The topological polar surface area (TPSA) is 58.6 Å². The monoisotopic (exact) mass is 296 g/mol. The summed E-state index contributed by atoms with van der Waals surface area (Å²) in [5.74, 6) is 0.326. The molecule has 0 spiro atoms. The molecule has 21 heavy (non-hydrogen) atoms. The molecule has 2 aliphatic heterocycles. The highest BCUT2D eigenvalue weighted by molar-refractivity contribution is 5.89. The molecule has 2 saturated heterocycles. The van der Waals surface area contributed by atoms with Crippen LogP contribution in [0.15, 0.2) is 0 Å². The number of ether oxygens (including phenoxy) is 1. The van der Waals surface area contributed by atoms with Gasteiger partial charge in [0.15, 0.2) is 0 Å². The van der Waals surface area contributed by atoms with Crippen LogP contribution in [0.2, 0.25) is 0 Å². The van der Waals surface area contributed by atoms with Gasteiger partial charge in [-0.3, -0.25) is 9.59 Å². The summed E-state index contributed by atoms with van der Waals surface area (Å²) in [7, 11) is 0. The van der Waals surface area contributed by atoms with Crippen LogP contribution in [0.4, 0.5) is 0 Å². The minimum Gasteiger partial charge on any atom is -0.368 e. The lowest BCUT2D eigenvalue weighted by atomic mass is 10.0. The van der Waals surface area contributed by atoms with Crippen molar-refractivity contribution in [2.75, 3.05) is 19.7 Å². The number of hydrogen-bond donors (Lipinski definition) is 1. The molecule has 5 heteroatoms. The van der Waals surface area contributed by atoms with Gasteiger partial charge in [-0.05, 0) is 44.4 Å². The second-order valence-corrected chi connectivity index (χ2v) is 6.58. The number of nitrogens with one attached hydrogen (secondary N) is 1. The molecule has 1 N–H and O–H groups in total. The molecule has 2 aliphatic rings. The number of hydrogen-bond acceptors (Lipinski definition) is 3. The van der Waals surface area contributed by atoms with Gasteiger partial charge in [0.25, 0.3) is 0 Å². The first kappa shape index (κ1) is 16.3. The van der Waals surface area contributed by atoms with Crippen LogP contribution in [0.25, 0.3) is 0 Å². The van der Waals surface area contributed by atoms with E-state index in [9.17, 15) is 9.59 Å². The fraction of sp³-hybridized carbons (Fsp3) is 0.875. The van der Waals surface area contributed by atoms with E-state index in [4.69, 9.17) is 4.74 Å². The van der Waals surface area contributed by atoms with Crippen molar-refractivity contribution in [2.24, 2.45) is 5.92 Å². The van der Waals surface area contributed by atoms with Crippen LogP contribution in [0.5, 0.6) is 0 Å². The van der Waals surface area contributed by atoms with E-state index in [0.29, 0.717) is 18.9 Å². The Hall–Kier alpha value is -1.10. The molecular weight excluding hydrogens is 268 g/mol. The standard InChI is InChI=1S/C16H28N2O3/c1-12(2)11-13(16(20)18-8-4-3-5-9-18)17-15(19)14-7-6-10-21-14/h12-14H,3-11H2,1-2H3,(H,17,19)/t13-,14?/m0/s1. The second kappa shape index (κ2) is 7.78. The molecule has 1 unspecified atom stereocenters. The van der Waals surface area contributed by atoms with E-state index in [1.807, 2.05) is 4.90 Å². The number of likely N-dealkylation sites (tertiary alicyclic amines) is 1. The van der Waals surface area contributed by atoms with Crippen LogP contribution in [0.1, 0.15) is 52.4 Å². The molecule has 0 aliphatic carbocycles. The zero-order valence-electron chi connectivity index (χ0n) is 13.3. The Morgan fingerprint density at radius 1 is 1.19 bits per heavy atom. The summed E-state index contributed by atoms with van der Waals surface area (Å²) in [5, 5.41) is 2.93. The number of amides is 2. The summed E-state index contributed by atoms with van der Waals surface area (Å²) in [6.45, 7) is 6.45. The van der Waals surface area contributed by atoms with Crippen molar-refractivity contribution in [2.45, 2.75) is 64.5 Å². The lowest BCUT2D eigenvalue weighted by Crippen LogP contribution is -2.52. The van der Waals surface area contributed by atoms with E-state index in [0.717, 1.165) is 38.8 Å². The van der Waals surface area contributed by atoms with E-state index in [1.54, 1.807) is 0 Å². The molecule has 120 valence electrons. The van der Waals surface area contributed by atoms with Gasteiger partial charge in [0.2, 0.25) is 11.8 Å². The van der Waals surface area contributed by atoms with Gasteiger partial charge in [-0.15, -0.1) is 0 Å². The molecule has 0 saturated carbocycles. The molecule has 2 atom stereocenters. The molecular formula is C16H28N2O3. The summed E-state index contributed by atoms with van der Waals surface area (Å²) in [6.07, 6.45) is 5.34. The largest absolute Gasteiger partial charge is 0.368 e. The zero-order chi connectivity index (χ0) is 15.2. The smallest absolute Gasteiger partial charge is 0.249 e. The minimum absolute atomic E-state index is 0.0785. The quantitative estimate of drug-likeness (QED) is 0.840. The highest BCUT2D eigenvalue weighted by Crippen LogP contribution is 2.16. The molecule has 0 aromatic carbocycles. The van der Waals surface area contributed by atoms with Gasteiger partial charge < -0.3 is 15.0 Å². The minimum atomic E-state index is -0.403. The van der Waals surface area contributed by atoms with Crippen LogP contribution in [-0.4, -0.2) is 48.6 Å². The maximum atomic E-state index is 12.7. The van der Waals surface area contributed by atoms with Crippen molar-refractivity contribution in [1.29, 1.82) is 0 Å². The number of nitrogens with zero attached hydrogens (tertiary/aromatic N) is 1. The maximum Gasteiger partial charge on any atom is 0.249 e. The molecule has 2 rings (SSSR count). The summed E-state index contributed by atoms with van der Waals surface area (Å²) >= 11 is 0. The van der Waals surface area contributed by atoms with Crippen LogP contribution < -0.4 is 5.32 Å². The van der Waals surface area contributed by atoms with E-state index < -0.39 is 6.04 Å². The third-order valence-electron chi connectivity index (χ3n) is 4.21. The summed E-state index contributed by atoms with van der Waals surface area (Å²) in [4.78, 5) is 26.8. The molecule has 0 aromatic heterocycles. The summed E-state index contributed by atoms with van der Waals surface area (Å²) < 4.78 is 5.41. The van der Waals surface area contributed by atoms with Gasteiger partial charge in [-0.2, -0.15) is 0 Å². The molecule has 0 radical (unpaired) electrons. The van der Waals surface area contributed by atoms with Crippen LogP contribution in [0, 0.1) is 5.92 Å². The first-order chi connectivity index (χ1) is 10.1. The van der Waals surface area contributed by atoms with Gasteiger partial charge in [-0.1, -0.05) is 13.8 Å². The van der Waals surface area contributed by atoms with Gasteiger partial charge >= 0.3 is 0 Å². The Bertz CT molecular complexity index is 359. The zero-order valence-corrected chi connectivity index (χ0v) is 13.3. The molecule has 5 nitrogen and oxygen atoms in total. The van der Waals surface area contributed by atoms with Gasteiger partial charge in [0.1, 0.15) is 12.1 Å². The lowest BCUT2D eigenvalue weighted by Gasteiger charge is -2.31. The van der Waals surface area contributed by atoms with E-state index in [-0.39, 0.29) is 17.9 Å². The van der Waals surface area contributed by atoms with Crippen LogP contribution in [-0.2, 0) is 14.3 Å². The lowest BCUT2D eigenvalue weighted by molar-refractivity contribution is -0.140. The predicted molar refractivity (Wildman–Crippen MR) is 80.8 cm³/mol. The normalized spacial score (nSPS) is 24.1. The SMILES string of the molecule is CC(C)C[C@H](NC(=O)C1CCCO1)C(=O)N1CCCCC1. The highest BCUT2D eigenvalue weighted by Gasteiger charge is 2.31. The summed E-state index contributed by atoms with van der Waals surface area (Å²) in [6, 6.07) is -0.403. The third kappa shape index (κ3) is 4.70. The Morgan fingerprint density at radius 2 is 1.90 bits per heavy atom. The fourth-order valence-electron chi connectivity index (χ4n) is 3.08. The van der Waals surface area contributed by atoms with Crippen molar-refractivity contribution in [3.63, 3.8) is 0 Å².